The van der Waals surface area contributed by atoms with Gasteiger partial charge in [-0.3, -0.25) is 38.9 Å². The minimum atomic E-state index is -0.594. The zero-order valence-electron chi connectivity index (χ0n) is 72.6. The summed E-state index contributed by atoms with van der Waals surface area (Å²) in [6.45, 7) is 25.4. The molecule has 0 saturated heterocycles. The summed E-state index contributed by atoms with van der Waals surface area (Å²) in [7, 11) is 1.00. The molecule has 0 radical (unpaired) electrons. The number of hydrogen-bond acceptors (Lipinski definition) is 14. The molecule has 13 rings (SSSR count). The Hall–Kier alpha value is -10.4. The van der Waals surface area contributed by atoms with Crippen molar-refractivity contribution in [1.82, 2.24) is 33.1 Å². The first-order valence-electron chi connectivity index (χ1n) is 44.2. The Labute approximate surface area is 704 Å². The molecule has 5 aliphatic carbocycles. The lowest BCUT2D eigenvalue weighted by Gasteiger charge is -2.22. The molecule has 8 aromatic rings. The van der Waals surface area contributed by atoms with Crippen LogP contribution in [0.25, 0.3) is 0 Å². The SMILES string of the molecule is CCCCn1c2c(cc(N)c1=O)CCCC2.CCCCn1c2c(cc(NC(=O)NCc3ccccc3)c1=O)CCCC2.CCCCn1c2c(cc(NC(=O)OCc3ccccc3)c1=O)CCCC2.CCCCn1c2c(cc(NC(=O)c3ccccc3)c1=O)CCCC2.CCCCn1c2c(cc(OC=O)c1=O)CCCC2.CCN(CC)CC.CO. The predicted molar refractivity (Wildman–Crippen MR) is 481 cm³/mol. The minimum Gasteiger partial charge on any atom is -0.444 e. The number of aliphatic hydroxyl groups excluding tert-OH is 1. The smallest absolute Gasteiger partial charge is 0.412 e. The van der Waals surface area contributed by atoms with Crippen molar-refractivity contribution in [2.75, 3.05) is 48.4 Å². The highest BCUT2D eigenvalue weighted by Crippen LogP contribution is 2.28. The molecule has 5 heterocycles. The molecule has 0 fully saturated rings. The van der Waals surface area contributed by atoms with Crippen molar-refractivity contribution in [3.05, 3.63) is 246 Å². The summed E-state index contributed by atoms with van der Waals surface area (Å²) in [6.07, 6.45) is 30.8. The van der Waals surface area contributed by atoms with E-state index in [-0.39, 0.29) is 52.1 Å². The molecule has 0 spiro atoms. The maximum absolute atomic E-state index is 12.9. The van der Waals surface area contributed by atoms with E-state index in [4.69, 9.17) is 20.3 Å². The van der Waals surface area contributed by atoms with Gasteiger partial charge in [0.15, 0.2) is 5.75 Å². The molecule has 0 atom stereocenters. The summed E-state index contributed by atoms with van der Waals surface area (Å²) in [6, 6.07) is 37.1. The number of anilines is 4. The van der Waals surface area contributed by atoms with Gasteiger partial charge in [0.2, 0.25) is 0 Å². The summed E-state index contributed by atoms with van der Waals surface area (Å²) >= 11 is 0. The first-order chi connectivity index (χ1) is 57.9. The van der Waals surface area contributed by atoms with Crippen molar-refractivity contribution in [3.63, 3.8) is 0 Å². The van der Waals surface area contributed by atoms with E-state index < -0.39 is 6.09 Å². The van der Waals surface area contributed by atoms with Gasteiger partial charge >= 0.3 is 12.1 Å². The highest BCUT2D eigenvalue weighted by atomic mass is 16.5. The second-order valence-electron chi connectivity index (χ2n) is 30.9. The Morgan fingerprint density at radius 2 is 0.739 bits per heavy atom. The molecule has 5 aromatic heterocycles. The number of rotatable bonds is 28. The molecule has 119 heavy (non-hydrogen) atoms. The van der Waals surface area contributed by atoms with Gasteiger partial charge in [-0.05, 0) is 262 Å². The molecule has 4 amide bonds. The first kappa shape index (κ1) is 95.7. The van der Waals surface area contributed by atoms with Crippen LogP contribution in [-0.2, 0) is 120 Å². The maximum atomic E-state index is 12.9. The summed E-state index contributed by atoms with van der Waals surface area (Å²) in [5, 5.41) is 18.1. The van der Waals surface area contributed by atoms with Gasteiger partial charge in [0.1, 0.15) is 23.7 Å². The average Bonchev–Trinajstić information content (AvgIpc) is 0.818. The van der Waals surface area contributed by atoms with E-state index in [1.807, 2.05) is 121 Å². The fraction of sp³-hybridized carbons (Fsp3) is 0.510. The molecule has 23 heteroatoms. The van der Waals surface area contributed by atoms with Crippen LogP contribution in [0.4, 0.5) is 32.3 Å². The van der Waals surface area contributed by atoms with E-state index in [1.165, 1.54) is 60.4 Å². The molecule has 0 bridgehead atoms. The number of carbonyl (C=O) groups is 4. The van der Waals surface area contributed by atoms with Crippen molar-refractivity contribution in [1.29, 1.82) is 0 Å². The zero-order chi connectivity index (χ0) is 85.9. The highest BCUT2D eigenvalue weighted by Gasteiger charge is 2.25. The number of nitrogens with one attached hydrogen (secondary N) is 4. The standard InChI is InChI=1S/C21H27N3O2.C21H26N2O3.C20H24N2O2.C14H19NO3.C13H20N2O.C6H15N.CH4O/c1-2-3-13-24-19-12-8-7-11-17(19)14-18(20(24)25)23-21(26)22-15-16-9-5-4-6-10-16;1-2-3-13-23-19-12-8-7-11-17(19)14-18(20(23)24)22-21(25)26-15-16-9-5-4-6-10-16;1-2-3-13-22-18-12-8-7-11-16(18)14-17(20(22)24)21-19(23)15-9-5-4-6-10-15;1-2-3-8-15-12-7-5-4-6-11(12)9-13(14(15)17)18-10-16;1-2-3-8-15-12-7-5-4-6-10(12)9-11(14)13(15)16;1-4-7(5-2)6-3;1-2/h4-6,9-10,14H,2-3,7-8,11-13,15H2,1H3,(H2,22,23,26);4-6,9-10,14H,2-3,7-8,11-13,15H2,1H3,(H,22,25);4-6,9-10,14H,2-3,7-8,11-13H2,1H3,(H,21,23);9-10H,2-8H2,1H3;9H,2-8,14H2,1H3;4-6H2,1-3H3;2H,1H3. The number of unbranched alkanes of at least 4 members (excludes halogenated alkanes) is 5. The number of pyridine rings is 5. The van der Waals surface area contributed by atoms with E-state index >= 15 is 0 Å². The molecule has 0 aliphatic heterocycles. The fourth-order valence-electron chi connectivity index (χ4n) is 15.8. The Bertz CT molecular complexity index is 4650. The molecular formula is C96H135N11O12. The number of nitrogen functional groups attached to an aromatic ring is 1. The van der Waals surface area contributed by atoms with Crippen molar-refractivity contribution < 1.29 is 33.8 Å². The van der Waals surface area contributed by atoms with Gasteiger partial charge in [-0.1, -0.05) is 166 Å². The van der Waals surface area contributed by atoms with Crippen LogP contribution in [0.15, 0.2) is 145 Å². The molecule has 5 aliphatic rings. The van der Waals surface area contributed by atoms with Gasteiger partial charge < -0.3 is 64.0 Å². The van der Waals surface area contributed by atoms with Crippen molar-refractivity contribution in [2.24, 2.45) is 0 Å². The molecule has 646 valence electrons. The first-order valence-corrected chi connectivity index (χ1v) is 44.2. The van der Waals surface area contributed by atoms with Crippen molar-refractivity contribution in [3.8, 4) is 5.75 Å². The van der Waals surface area contributed by atoms with Gasteiger partial charge in [-0.15, -0.1) is 0 Å². The molecule has 0 unspecified atom stereocenters. The van der Waals surface area contributed by atoms with Crippen LogP contribution >= 0.6 is 0 Å². The number of aryl methyl sites for hydroxylation is 5. The van der Waals surface area contributed by atoms with Crippen LogP contribution in [0.1, 0.15) is 262 Å². The third-order valence-corrected chi connectivity index (χ3v) is 22.5. The number of urea groups is 1. The van der Waals surface area contributed by atoms with E-state index in [1.54, 1.807) is 22.8 Å². The van der Waals surface area contributed by atoms with Crippen LogP contribution in [0.3, 0.4) is 0 Å². The average molecular weight is 1640 g/mol. The maximum Gasteiger partial charge on any atom is 0.412 e. The number of benzene rings is 3. The monoisotopic (exact) mass is 1630 g/mol. The van der Waals surface area contributed by atoms with E-state index in [0.717, 1.165) is 246 Å². The minimum absolute atomic E-state index is 0.00843. The molecule has 0 saturated carbocycles. The number of carbonyl (C=O) groups excluding carboxylic acids is 4. The van der Waals surface area contributed by atoms with Crippen molar-refractivity contribution >= 4 is 47.3 Å². The van der Waals surface area contributed by atoms with Gasteiger partial charge in [0.25, 0.3) is 40.2 Å². The van der Waals surface area contributed by atoms with Crippen molar-refractivity contribution in [2.45, 2.75) is 294 Å². The second-order valence-corrected chi connectivity index (χ2v) is 30.9. The van der Waals surface area contributed by atoms with Crippen LogP contribution in [0.2, 0.25) is 0 Å². The molecule has 7 N–H and O–H groups in total. The lowest BCUT2D eigenvalue weighted by atomic mass is 9.95. The number of fused-ring (bicyclic) bond motifs is 5. The third kappa shape index (κ3) is 29.0. The Morgan fingerprint density at radius 1 is 0.412 bits per heavy atom. The Morgan fingerprint density at radius 3 is 1.11 bits per heavy atom. The van der Waals surface area contributed by atoms with Gasteiger partial charge in [-0.2, -0.15) is 0 Å². The van der Waals surface area contributed by atoms with Crippen LogP contribution in [-0.4, -0.2) is 84.1 Å². The lowest BCUT2D eigenvalue weighted by molar-refractivity contribution is -0.120. The quantitative estimate of drug-likeness (QED) is 0.0249. The van der Waals surface area contributed by atoms with E-state index in [0.29, 0.717) is 54.4 Å². The van der Waals surface area contributed by atoms with Crippen LogP contribution in [0, 0.1) is 0 Å². The summed E-state index contributed by atoms with van der Waals surface area (Å²) < 4.78 is 19.4. The second kappa shape index (κ2) is 52.5. The van der Waals surface area contributed by atoms with Crippen LogP contribution in [0.5, 0.6) is 5.75 Å². The summed E-state index contributed by atoms with van der Waals surface area (Å²) in [5.74, 6) is -0.0627. The number of hydrogen-bond donors (Lipinski definition) is 6. The fourth-order valence-corrected chi connectivity index (χ4v) is 15.8. The number of nitrogens with two attached hydrogens (primary N) is 1. The lowest BCUT2D eigenvalue weighted by Crippen LogP contribution is -2.34. The Balaban J connectivity index is 0.000000202. The number of aromatic nitrogens is 5. The van der Waals surface area contributed by atoms with Gasteiger partial charge in [0.05, 0.1) is 5.69 Å². The van der Waals surface area contributed by atoms with E-state index in [9.17, 15) is 43.2 Å². The normalized spacial score (nSPS) is 13.2. The number of ether oxygens (including phenoxy) is 2. The highest BCUT2D eigenvalue weighted by molar-refractivity contribution is 6.04. The molecule has 23 nitrogen and oxygen atoms in total. The van der Waals surface area contributed by atoms with Gasteiger partial charge in [0, 0.05) is 80.4 Å². The number of amides is 4. The largest absolute Gasteiger partial charge is 0.444 e. The zero-order valence-corrected chi connectivity index (χ0v) is 72.6. The molecule has 3 aromatic carbocycles. The Kier molecular flexibility index (Phi) is 42.3. The topological polar surface area (TPSA) is 294 Å². The van der Waals surface area contributed by atoms with E-state index in [2.05, 4.69) is 81.6 Å². The molecular weight excluding hydrogens is 1500 g/mol. The number of nitrogens with zero attached hydrogens (tertiary/aromatic N) is 6. The summed E-state index contributed by atoms with van der Waals surface area (Å²) in [4.78, 5) is 112. The summed E-state index contributed by atoms with van der Waals surface area (Å²) in [5.41, 5.74) is 21.2. The van der Waals surface area contributed by atoms with Gasteiger partial charge in [-0.25, -0.2) is 9.59 Å². The van der Waals surface area contributed by atoms with Crippen LogP contribution < -0.4 is 59.5 Å². The predicted octanol–water partition coefficient (Wildman–Crippen LogP) is 17.0. The number of aliphatic hydroxyl groups is 1. The third-order valence-electron chi connectivity index (χ3n) is 22.5.